The van der Waals surface area contributed by atoms with Crippen molar-refractivity contribution < 1.29 is 4.79 Å². The van der Waals surface area contributed by atoms with Crippen molar-refractivity contribution in [2.24, 2.45) is 0 Å². The van der Waals surface area contributed by atoms with E-state index in [1.807, 2.05) is 24.3 Å². The molecule has 2 aromatic rings. The number of halogens is 1. The second-order valence-corrected chi connectivity index (χ2v) is 3.72. The van der Waals surface area contributed by atoms with E-state index >= 15 is 0 Å². The van der Waals surface area contributed by atoms with E-state index in [4.69, 9.17) is 0 Å². The number of hydrogen-bond acceptors (Lipinski definition) is 2. The van der Waals surface area contributed by atoms with Crippen molar-refractivity contribution >= 4 is 22.2 Å². The van der Waals surface area contributed by atoms with Gasteiger partial charge < -0.3 is 4.57 Å². The Labute approximate surface area is 89.5 Å². The molecule has 0 unspecified atom stereocenters. The standard InChI is InChI=1S/C10H7BrN2O/c11-8-1-3-10(4-2-8)13-5-9(6-14)12-7-13/h1-7H. The fourth-order valence-corrected chi connectivity index (χ4v) is 1.42. The molecule has 0 saturated heterocycles. The Morgan fingerprint density at radius 3 is 2.57 bits per heavy atom. The van der Waals surface area contributed by atoms with Crippen molar-refractivity contribution in [2.75, 3.05) is 0 Å². The van der Waals surface area contributed by atoms with Crippen molar-refractivity contribution in [1.29, 1.82) is 0 Å². The van der Waals surface area contributed by atoms with Gasteiger partial charge in [0.2, 0.25) is 0 Å². The van der Waals surface area contributed by atoms with E-state index in [-0.39, 0.29) is 0 Å². The normalized spacial score (nSPS) is 10.1. The fourth-order valence-electron chi connectivity index (χ4n) is 1.15. The summed E-state index contributed by atoms with van der Waals surface area (Å²) in [4.78, 5) is 14.3. The van der Waals surface area contributed by atoms with Crippen LogP contribution in [0.5, 0.6) is 0 Å². The Morgan fingerprint density at radius 2 is 2.00 bits per heavy atom. The van der Waals surface area contributed by atoms with Crippen molar-refractivity contribution in [3.8, 4) is 5.69 Å². The Bertz CT molecular complexity index is 447. The van der Waals surface area contributed by atoms with E-state index in [0.29, 0.717) is 5.69 Å². The summed E-state index contributed by atoms with van der Waals surface area (Å²) in [6.45, 7) is 0. The van der Waals surface area contributed by atoms with Crippen LogP contribution in [-0.4, -0.2) is 15.8 Å². The molecule has 0 atom stereocenters. The molecule has 1 heterocycles. The highest BCUT2D eigenvalue weighted by molar-refractivity contribution is 9.10. The molecule has 0 radical (unpaired) electrons. The van der Waals surface area contributed by atoms with Gasteiger partial charge in [-0.05, 0) is 24.3 Å². The summed E-state index contributed by atoms with van der Waals surface area (Å²) in [6, 6.07) is 7.77. The topological polar surface area (TPSA) is 34.9 Å². The highest BCUT2D eigenvalue weighted by atomic mass is 79.9. The smallest absolute Gasteiger partial charge is 0.170 e. The molecule has 0 aliphatic rings. The summed E-state index contributed by atoms with van der Waals surface area (Å²) in [7, 11) is 0. The van der Waals surface area contributed by atoms with Gasteiger partial charge in [-0.2, -0.15) is 0 Å². The van der Waals surface area contributed by atoms with E-state index in [2.05, 4.69) is 20.9 Å². The predicted octanol–water partition coefficient (Wildman–Crippen LogP) is 2.45. The summed E-state index contributed by atoms with van der Waals surface area (Å²) in [5, 5.41) is 0. The first-order valence-corrected chi connectivity index (χ1v) is 4.84. The van der Waals surface area contributed by atoms with E-state index in [0.717, 1.165) is 16.4 Å². The number of nitrogens with zero attached hydrogens (tertiary/aromatic N) is 2. The third-order valence-electron chi connectivity index (χ3n) is 1.85. The van der Waals surface area contributed by atoms with E-state index < -0.39 is 0 Å². The molecule has 3 nitrogen and oxygen atoms in total. The summed E-state index contributed by atoms with van der Waals surface area (Å²) < 4.78 is 2.83. The average molecular weight is 251 g/mol. The van der Waals surface area contributed by atoms with Crippen LogP contribution in [0.1, 0.15) is 10.5 Å². The minimum Gasteiger partial charge on any atom is -0.306 e. The van der Waals surface area contributed by atoms with Gasteiger partial charge in [0.05, 0.1) is 0 Å². The molecule has 0 fully saturated rings. The van der Waals surface area contributed by atoms with Gasteiger partial charge in [-0.15, -0.1) is 0 Å². The van der Waals surface area contributed by atoms with Gasteiger partial charge in [0.25, 0.3) is 0 Å². The van der Waals surface area contributed by atoms with Gasteiger partial charge in [0.15, 0.2) is 6.29 Å². The lowest BCUT2D eigenvalue weighted by Gasteiger charge is -2.00. The van der Waals surface area contributed by atoms with Crippen LogP contribution in [0.25, 0.3) is 5.69 Å². The zero-order valence-corrected chi connectivity index (χ0v) is 8.81. The Kier molecular flexibility index (Phi) is 2.45. The molecule has 4 heteroatoms. The van der Waals surface area contributed by atoms with Crippen LogP contribution in [0.3, 0.4) is 0 Å². The van der Waals surface area contributed by atoms with Crippen LogP contribution in [0.4, 0.5) is 0 Å². The number of carbonyl (C=O) groups excluding carboxylic acids is 1. The number of rotatable bonds is 2. The monoisotopic (exact) mass is 250 g/mol. The van der Waals surface area contributed by atoms with E-state index in [1.54, 1.807) is 17.1 Å². The van der Waals surface area contributed by atoms with Crippen LogP contribution in [-0.2, 0) is 0 Å². The molecule has 0 bridgehead atoms. The number of aromatic nitrogens is 2. The largest absolute Gasteiger partial charge is 0.306 e. The second-order valence-electron chi connectivity index (χ2n) is 2.80. The molecule has 1 aromatic carbocycles. The summed E-state index contributed by atoms with van der Waals surface area (Å²) in [5.74, 6) is 0. The lowest BCUT2D eigenvalue weighted by Crippen LogP contribution is -1.88. The summed E-state index contributed by atoms with van der Waals surface area (Å²) in [6.07, 6.45) is 4.04. The van der Waals surface area contributed by atoms with Gasteiger partial charge in [0.1, 0.15) is 12.0 Å². The van der Waals surface area contributed by atoms with Crippen LogP contribution in [0.15, 0.2) is 41.3 Å². The molecule has 2 rings (SSSR count). The second kappa shape index (κ2) is 3.75. The minimum atomic E-state index is 0.438. The highest BCUT2D eigenvalue weighted by Gasteiger charge is 1.98. The first-order chi connectivity index (χ1) is 6.79. The molecule has 0 N–H and O–H groups in total. The molecule has 0 spiro atoms. The highest BCUT2D eigenvalue weighted by Crippen LogP contribution is 2.13. The van der Waals surface area contributed by atoms with Crippen molar-refractivity contribution in [2.45, 2.75) is 0 Å². The third kappa shape index (κ3) is 1.75. The van der Waals surface area contributed by atoms with Gasteiger partial charge in [-0.3, -0.25) is 4.79 Å². The number of carbonyl (C=O) groups is 1. The first kappa shape index (κ1) is 9.15. The zero-order chi connectivity index (χ0) is 9.97. The maximum absolute atomic E-state index is 10.4. The molecule has 0 saturated carbocycles. The van der Waals surface area contributed by atoms with E-state index in [9.17, 15) is 4.79 Å². The minimum absolute atomic E-state index is 0.438. The first-order valence-electron chi connectivity index (χ1n) is 4.05. The Hall–Kier alpha value is -1.42. The molecular formula is C10H7BrN2O. The number of aldehydes is 1. The van der Waals surface area contributed by atoms with Crippen molar-refractivity contribution in [3.63, 3.8) is 0 Å². The fraction of sp³-hybridized carbons (Fsp3) is 0. The Balaban J connectivity index is 2.39. The maximum Gasteiger partial charge on any atom is 0.170 e. The molecule has 1 aromatic heterocycles. The molecular weight excluding hydrogens is 244 g/mol. The van der Waals surface area contributed by atoms with Crippen LogP contribution >= 0.6 is 15.9 Å². The lowest BCUT2D eigenvalue weighted by molar-refractivity contribution is 0.111. The van der Waals surface area contributed by atoms with Gasteiger partial charge in [0, 0.05) is 16.4 Å². The molecule has 0 aliphatic carbocycles. The van der Waals surface area contributed by atoms with Gasteiger partial charge in [-0.1, -0.05) is 15.9 Å². The number of benzene rings is 1. The van der Waals surface area contributed by atoms with Crippen LogP contribution in [0.2, 0.25) is 0 Å². The molecule has 14 heavy (non-hydrogen) atoms. The van der Waals surface area contributed by atoms with Gasteiger partial charge in [-0.25, -0.2) is 4.98 Å². The van der Waals surface area contributed by atoms with Crippen LogP contribution in [0, 0.1) is 0 Å². The SMILES string of the molecule is O=Cc1cn(-c2ccc(Br)cc2)cn1. The number of hydrogen-bond donors (Lipinski definition) is 0. The lowest BCUT2D eigenvalue weighted by atomic mass is 10.3. The van der Waals surface area contributed by atoms with Gasteiger partial charge >= 0.3 is 0 Å². The van der Waals surface area contributed by atoms with Crippen molar-refractivity contribution in [3.05, 3.63) is 47.0 Å². The average Bonchev–Trinajstić information content (AvgIpc) is 2.67. The van der Waals surface area contributed by atoms with E-state index in [1.165, 1.54) is 0 Å². The third-order valence-corrected chi connectivity index (χ3v) is 2.38. The zero-order valence-electron chi connectivity index (χ0n) is 7.22. The van der Waals surface area contributed by atoms with Crippen molar-refractivity contribution in [1.82, 2.24) is 9.55 Å². The predicted molar refractivity (Wildman–Crippen MR) is 56.7 cm³/mol. The molecule has 0 amide bonds. The Morgan fingerprint density at radius 1 is 1.29 bits per heavy atom. The summed E-state index contributed by atoms with van der Waals surface area (Å²) >= 11 is 3.36. The molecule has 70 valence electrons. The quantitative estimate of drug-likeness (QED) is 0.768. The maximum atomic E-state index is 10.4. The van der Waals surface area contributed by atoms with Crippen LogP contribution < -0.4 is 0 Å². The number of imidazole rings is 1. The molecule has 0 aliphatic heterocycles. The summed E-state index contributed by atoms with van der Waals surface area (Å²) in [5.41, 5.74) is 1.42.